The summed E-state index contributed by atoms with van der Waals surface area (Å²) in [5.74, 6) is 0.517. The number of carbonyl (C=O) groups excluding carboxylic acids is 1. The molecule has 0 saturated carbocycles. The molecule has 0 saturated heterocycles. The quantitative estimate of drug-likeness (QED) is 0.606. The fourth-order valence-electron chi connectivity index (χ4n) is 0.527. The smallest absolute Gasteiger partial charge is 0.248 e. The van der Waals surface area contributed by atoms with E-state index in [4.69, 9.17) is 5.11 Å². The van der Waals surface area contributed by atoms with Crippen molar-refractivity contribution in [2.45, 2.75) is 12.5 Å². The molecule has 0 aromatic heterocycles. The van der Waals surface area contributed by atoms with Crippen molar-refractivity contribution in [1.82, 2.24) is 5.32 Å². The summed E-state index contributed by atoms with van der Waals surface area (Å²) in [6.07, 6.45) is 1.63. The number of rotatable bonds is 4. The summed E-state index contributed by atoms with van der Waals surface area (Å²) in [4.78, 5) is 10.6. The molecule has 0 heterocycles. The second-order valence-electron chi connectivity index (χ2n) is 1.91. The van der Waals surface area contributed by atoms with Gasteiger partial charge >= 0.3 is 0 Å². The Hall–Kier alpha value is -0.220. The highest BCUT2D eigenvalue weighted by atomic mass is 32.2. The summed E-state index contributed by atoms with van der Waals surface area (Å²) in [6.45, 7) is 0. The number of carbonyl (C=O) groups is 1. The maximum Gasteiger partial charge on any atom is 0.248 e. The summed E-state index contributed by atoms with van der Waals surface area (Å²) in [7, 11) is 1.52. The van der Waals surface area contributed by atoms with Crippen LogP contribution in [0.4, 0.5) is 0 Å². The van der Waals surface area contributed by atoms with Crippen molar-refractivity contribution in [3.8, 4) is 0 Å². The van der Waals surface area contributed by atoms with Crippen LogP contribution in [0.1, 0.15) is 6.42 Å². The van der Waals surface area contributed by atoms with E-state index in [1.54, 1.807) is 11.8 Å². The fraction of sp³-hybridized carbons (Fsp3) is 0.833. The van der Waals surface area contributed by atoms with Crippen molar-refractivity contribution in [2.75, 3.05) is 19.1 Å². The van der Waals surface area contributed by atoms with Gasteiger partial charge in [0.1, 0.15) is 6.10 Å². The summed E-state index contributed by atoms with van der Waals surface area (Å²) in [6, 6.07) is 0. The summed E-state index contributed by atoms with van der Waals surface area (Å²) >= 11 is 1.62. The number of aliphatic hydroxyl groups is 1. The van der Waals surface area contributed by atoms with Gasteiger partial charge in [0.05, 0.1) is 0 Å². The lowest BCUT2D eigenvalue weighted by Crippen LogP contribution is -2.31. The Balaban J connectivity index is 3.41. The molecule has 0 aromatic carbocycles. The van der Waals surface area contributed by atoms with E-state index in [1.165, 1.54) is 7.05 Å². The molecule has 1 atom stereocenters. The molecule has 1 unspecified atom stereocenters. The first kappa shape index (κ1) is 9.78. The van der Waals surface area contributed by atoms with E-state index in [2.05, 4.69) is 5.32 Å². The first-order chi connectivity index (χ1) is 4.72. The number of hydrogen-bond acceptors (Lipinski definition) is 3. The van der Waals surface area contributed by atoms with Crippen LogP contribution < -0.4 is 5.32 Å². The Labute approximate surface area is 65.2 Å². The molecule has 4 heteroatoms. The Kier molecular flexibility index (Phi) is 5.43. The highest BCUT2D eigenvalue weighted by Crippen LogP contribution is 1.99. The minimum absolute atomic E-state index is 0.297. The first-order valence-electron chi connectivity index (χ1n) is 3.11. The van der Waals surface area contributed by atoms with Gasteiger partial charge in [-0.2, -0.15) is 11.8 Å². The molecule has 0 fully saturated rings. The molecule has 0 rings (SSSR count). The lowest BCUT2D eigenvalue weighted by atomic mass is 10.3. The zero-order valence-corrected chi connectivity index (χ0v) is 7.07. The molecule has 0 aliphatic heterocycles. The van der Waals surface area contributed by atoms with E-state index >= 15 is 0 Å². The second-order valence-corrected chi connectivity index (χ2v) is 2.90. The molecule has 0 bridgehead atoms. The number of nitrogens with one attached hydrogen (secondary N) is 1. The van der Waals surface area contributed by atoms with E-state index < -0.39 is 6.10 Å². The van der Waals surface area contributed by atoms with Gasteiger partial charge < -0.3 is 10.4 Å². The molecule has 0 aromatic rings. The highest BCUT2D eigenvalue weighted by Gasteiger charge is 2.10. The van der Waals surface area contributed by atoms with Crippen molar-refractivity contribution >= 4 is 17.7 Å². The third-order valence-electron chi connectivity index (χ3n) is 1.14. The van der Waals surface area contributed by atoms with Gasteiger partial charge in [-0.05, 0) is 18.4 Å². The largest absolute Gasteiger partial charge is 0.383 e. The monoisotopic (exact) mass is 163 g/mol. The standard InChI is InChI=1S/C6H13NO2S/c1-7-6(9)5(8)3-4-10-2/h5,8H,3-4H2,1-2H3,(H,7,9). The highest BCUT2D eigenvalue weighted by molar-refractivity contribution is 7.98. The lowest BCUT2D eigenvalue weighted by molar-refractivity contribution is -0.128. The Morgan fingerprint density at radius 2 is 2.40 bits per heavy atom. The zero-order valence-electron chi connectivity index (χ0n) is 6.26. The molecular formula is C6H13NO2S. The molecule has 0 spiro atoms. The van der Waals surface area contributed by atoms with Crippen LogP contribution in [-0.4, -0.2) is 36.2 Å². The van der Waals surface area contributed by atoms with Crippen LogP contribution >= 0.6 is 11.8 Å². The van der Waals surface area contributed by atoms with Gasteiger partial charge in [-0.25, -0.2) is 0 Å². The van der Waals surface area contributed by atoms with Crippen LogP contribution in [0.25, 0.3) is 0 Å². The maximum atomic E-state index is 10.6. The van der Waals surface area contributed by atoms with Crippen LogP contribution in [-0.2, 0) is 4.79 Å². The molecule has 0 radical (unpaired) electrons. The molecule has 3 nitrogen and oxygen atoms in total. The number of thioether (sulfide) groups is 1. The van der Waals surface area contributed by atoms with Crippen LogP contribution in [0, 0.1) is 0 Å². The van der Waals surface area contributed by atoms with Crippen molar-refractivity contribution < 1.29 is 9.90 Å². The first-order valence-corrected chi connectivity index (χ1v) is 4.50. The number of amides is 1. The molecule has 10 heavy (non-hydrogen) atoms. The van der Waals surface area contributed by atoms with Gasteiger partial charge in [-0.15, -0.1) is 0 Å². The van der Waals surface area contributed by atoms with Gasteiger partial charge in [-0.1, -0.05) is 0 Å². The van der Waals surface area contributed by atoms with Crippen LogP contribution in [0.5, 0.6) is 0 Å². The average molecular weight is 163 g/mol. The van der Waals surface area contributed by atoms with Gasteiger partial charge in [0, 0.05) is 7.05 Å². The average Bonchev–Trinajstić information content (AvgIpc) is 1.98. The number of aliphatic hydroxyl groups excluding tert-OH is 1. The minimum Gasteiger partial charge on any atom is -0.383 e. The predicted octanol–water partition coefficient (Wildman–Crippen LogP) is -0.154. The molecule has 0 aliphatic carbocycles. The van der Waals surface area contributed by atoms with Crippen LogP contribution in [0.15, 0.2) is 0 Å². The fourth-order valence-corrected chi connectivity index (χ4v) is 0.986. The third kappa shape index (κ3) is 3.74. The summed E-state index contributed by atoms with van der Waals surface area (Å²) in [5.41, 5.74) is 0. The molecule has 60 valence electrons. The Morgan fingerprint density at radius 3 is 2.80 bits per heavy atom. The van der Waals surface area contributed by atoms with Gasteiger partial charge in [0.25, 0.3) is 0 Å². The Morgan fingerprint density at radius 1 is 1.80 bits per heavy atom. The molecular weight excluding hydrogens is 150 g/mol. The van der Waals surface area contributed by atoms with Gasteiger partial charge in [0.15, 0.2) is 0 Å². The van der Waals surface area contributed by atoms with E-state index in [-0.39, 0.29) is 5.91 Å². The van der Waals surface area contributed by atoms with Crippen molar-refractivity contribution in [3.63, 3.8) is 0 Å². The van der Waals surface area contributed by atoms with E-state index in [9.17, 15) is 4.79 Å². The normalized spacial score (nSPS) is 12.7. The SMILES string of the molecule is CNC(=O)C(O)CCSC. The predicted molar refractivity (Wildman–Crippen MR) is 43.1 cm³/mol. The second kappa shape index (κ2) is 5.56. The van der Waals surface area contributed by atoms with Crippen molar-refractivity contribution in [3.05, 3.63) is 0 Å². The topological polar surface area (TPSA) is 49.3 Å². The third-order valence-corrected chi connectivity index (χ3v) is 1.79. The van der Waals surface area contributed by atoms with Crippen LogP contribution in [0.3, 0.4) is 0 Å². The minimum atomic E-state index is -0.836. The number of likely N-dealkylation sites (N-methyl/N-ethyl adjacent to an activating group) is 1. The molecule has 0 aliphatic rings. The van der Waals surface area contributed by atoms with Crippen molar-refractivity contribution in [1.29, 1.82) is 0 Å². The molecule has 1 amide bonds. The lowest BCUT2D eigenvalue weighted by Gasteiger charge is -2.06. The Bertz CT molecular complexity index is 108. The van der Waals surface area contributed by atoms with Gasteiger partial charge in [-0.3, -0.25) is 4.79 Å². The van der Waals surface area contributed by atoms with Crippen molar-refractivity contribution in [2.24, 2.45) is 0 Å². The summed E-state index contributed by atoms with van der Waals surface area (Å²) < 4.78 is 0. The number of hydrogen-bond donors (Lipinski definition) is 2. The van der Waals surface area contributed by atoms with E-state index in [0.29, 0.717) is 6.42 Å². The molecule has 2 N–H and O–H groups in total. The van der Waals surface area contributed by atoms with Crippen LogP contribution in [0.2, 0.25) is 0 Å². The summed E-state index contributed by atoms with van der Waals surface area (Å²) in [5, 5.41) is 11.4. The van der Waals surface area contributed by atoms with E-state index in [0.717, 1.165) is 5.75 Å². The van der Waals surface area contributed by atoms with Gasteiger partial charge in [0.2, 0.25) is 5.91 Å². The maximum absolute atomic E-state index is 10.6. The zero-order chi connectivity index (χ0) is 7.98. The van der Waals surface area contributed by atoms with E-state index in [1.807, 2.05) is 6.26 Å².